The molecule has 9 heteroatoms. The molecule has 4 rings (SSSR count). The van der Waals surface area contributed by atoms with E-state index in [4.69, 9.17) is 9.47 Å². The highest BCUT2D eigenvalue weighted by Crippen LogP contribution is 2.34. The van der Waals surface area contributed by atoms with Crippen molar-refractivity contribution in [2.24, 2.45) is 0 Å². The topological polar surface area (TPSA) is 81.5 Å². The van der Waals surface area contributed by atoms with Gasteiger partial charge >= 0.3 is 0 Å². The largest absolute Gasteiger partial charge is 0.492 e. The third kappa shape index (κ3) is 3.82. The summed E-state index contributed by atoms with van der Waals surface area (Å²) in [7, 11) is -0.846. The van der Waals surface area contributed by atoms with Gasteiger partial charge in [0.1, 0.15) is 17.6 Å². The number of ether oxygens (including phenoxy) is 2. The van der Waals surface area contributed by atoms with Crippen molar-refractivity contribution in [1.29, 1.82) is 0 Å². The molecule has 0 saturated carbocycles. The Morgan fingerprint density at radius 3 is 2.90 bits per heavy atom. The van der Waals surface area contributed by atoms with Gasteiger partial charge in [0.15, 0.2) is 11.6 Å². The predicted molar refractivity (Wildman–Crippen MR) is 110 cm³/mol. The zero-order chi connectivity index (χ0) is 20.5. The first-order valence-electron chi connectivity index (χ1n) is 9.15. The number of aromatic amines is 1. The number of hydrogen-bond acceptors (Lipinski definition) is 5. The standard InChI is InChI=1S/C20H21FN4O3S/c1-12-9-14-15(24-12)5-6-16(18(14)21)28-20-19-13(2)17(10-25(19)23-11-22-20)27-7-4-8-29(3)26/h5-6,9-11,24H,4,7-8H2,1-3H3. The van der Waals surface area contributed by atoms with E-state index < -0.39 is 16.6 Å². The fourth-order valence-electron chi connectivity index (χ4n) is 3.24. The van der Waals surface area contributed by atoms with Gasteiger partial charge in [-0.3, -0.25) is 4.21 Å². The van der Waals surface area contributed by atoms with Crippen LogP contribution in [0.15, 0.2) is 30.7 Å². The summed E-state index contributed by atoms with van der Waals surface area (Å²) in [5.74, 6) is 1.10. The smallest absolute Gasteiger partial charge is 0.247 e. The van der Waals surface area contributed by atoms with Gasteiger partial charge in [0.25, 0.3) is 0 Å². The second-order valence-electron chi connectivity index (χ2n) is 6.85. The molecule has 0 amide bonds. The molecule has 0 saturated heterocycles. The number of halogens is 1. The first-order valence-corrected chi connectivity index (χ1v) is 10.9. The maximum Gasteiger partial charge on any atom is 0.247 e. The Morgan fingerprint density at radius 1 is 1.28 bits per heavy atom. The Balaban J connectivity index is 1.64. The lowest BCUT2D eigenvalue weighted by atomic mass is 10.2. The minimum absolute atomic E-state index is 0.0885. The summed E-state index contributed by atoms with van der Waals surface area (Å²) in [6, 6.07) is 5.09. The quantitative estimate of drug-likeness (QED) is 0.462. The number of nitrogens with one attached hydrogen (secondary N) is 1. The summed E-state index contributed by atoms with van der Waals surface area (Å²) < 4.78 is 39.3. The molecular formula is C20H21FN4O3S. The first kappa shape index (κ1) is 19.4. The van der Waals surface area contributed by atoms with Crippen molar-refractivity contribution in [3.63, 3.8) is 0 Å². The zero-order valence-electron chi connectivity index (χ0n) is 16.4. The molecule has 7 nitrogen and oxygen atoms in total. The number of aromatic nitrogens is 4. The predicted octanol–water partition coefficient (Wildman–Crippen LogP) is 3.91. The molecule has 4 aromatic rings. The summed E-state index contributed by atoms with van der Waals surface area (Å²) in [6.07, 6.45) is 5.44. The third-order valence-electron chi connectivity index (χ3n) is 4.62. The van der Waals surface area contributed by atoms with Crippen molar-refractivity contribution in [1.82, 2.24) is 19.6 Å². The van der Waals surface area contributed by atoms with E-state index in [0.717, 1.165) is 11.3 Å². The molecule has 0 spiro atoms. The molecule has 0 bridgehead atoms. The summed E-state index contributed by atoms with van der Waals surface area (Å²) in [6.45, 7) is 4.19. The second-order valence-corrected chi connectivity index (χ2v) is 8.40. The monoisotopic (exact) mass is 416 g/mol. The highest BCUT2D eigenvalue weighted by atomic mass is 32.2. The van der Waals surface area contributed by atoms with E-state index in [-0.39, 0.29) is 11.6 Å². The molecule has 29 heavy (non-hydrogen) atoms. The van der Waals surface area contributed by atoms with Crippen LogP contribution in [0.2, 0.25) is 0 Å². The molecule has 0 aliphatic heterocycles. The highest BCUT2D eigenvalue weighted by molar-refractivity contribution is 7.84. The van der Waals surface area contributed by atoms with Gasteiger partial charge in [-0.1, -0.05) is 0 Å². The van der Waals surface area contributed by atoms with Crippen molar-refractivity contribution < 1.29 is 18.1 Å². The van der Waals surface area contributed by atoms with E-state index in [1.165, 1.54) is 6.33 Å². The van der Waals surface area contributed by atoms with Crippen molar-refractivity contribution in [3.05, 3.63) is 47.8 Å². The van der Waals surface area contributed by atoms with Crippen LogP contribution in [-0.4, -0.2) is 42.4 Å². The van der Waals surface area contributed by atoms with Crippen LogP contribution in [0.4, 0.5) is 4.39 Å². The summed E-state index contributed by atoms with van der Waals surface area (Å²) in [5.41, 5.74) is 2.97. The number of fused-ring (bicyclic) bond motifs is 2. The molecular weight excluding hydrogens is 395 g/mol. The van der Waals surface area contributed by atoms with E-state index in [2.05, 4.69) is 15.1 Å². The molecule has 1 atom stereocenters. The van der Waals surface area contributed by atoms with E-state index in [1.54, 1.807) is 35.2 Å². The Hall–Kier alpha value is -2.94. The van der Waals surface area contributed by atoms with Crippen LogP contribution in [0.3, 0.4) is 0 Å². The molecule has 0 aliphatic carbocycles. The fourth-order valence-corrected chi connectivity index (χ4v) is 3.77. The maximum atomic E-state index is 14.9. The Kier molecular flexibility index (Phi) is 5.23. The van der Waals surface area contributed by atoms with Crippen LogP contribution >= 0.6 is 0 Å². The maximum absolute atomic E-state index is 14.9. The number of benzene rings is 1. The van der Waals surface area contributed by atoms with E-state index in [0.29, 0.717) is 40.9 Å². The molecule has 1 N–H and O–H groups in total. The Labute approximate surface area is 169 Å². The number of nitrogens with zero attached hydrogens (tertiary/aromatic N) is 3. The van der Waals surface area contributed by atoms with Crippen molar-refractivity contribution in [2.45, 2.75) is 20.3 Å². The summed E-state index contributed by atoms with van der Waals surface area (Å²) in [4.78, 5) is 7.30. The minimum Gasteiger partial charge on any atom is -0.492 e. The van der Waals surface area contributed by atoms with Gasteiger partial charge in [-0.2, -0.15) is 10.1 Å². The molecule has 3 heterocycles. The zero-order valence-corrected chi connectivity index (χ0v) is 17.2. The molecule has 0 fully saturated rings. The average molecular weight is 416 g/mol. The van der Waals surface area contributed by atoms with Crippen LogP contribution in [0.5, 0.6) is 17.4 Å². The third-order valence-corrected chi connectivity index (χ3v) is 5.49. The number of aryl methyl sites for hydroxylation is 2. The van der Waals surface area contributed by atoms with Crippen molar-refractivity contribution >= 4 is 27.2 Å². The van der Waals surface area contributed by atoms with Gasteiger partial charge in [0, 0.05) is 45.0 Å². The Morgan fingerprint density at radius 2 is 2.10 bits per heavy atom. The van der Waals surface area contributed by atoms with Crippen LogP contribution in [0.25, 0.3) is 16.4 Å². The number of rotatable bonds is 7. The number of hydrogen-bond donors (Lipinski definition) is 1. The van der Waals surface area contributed by atoms with E-state index >= 15 is 0 Å². The summed E-state index contributed by atoms with van der Waals surface area (Å²) in [5, 5.41) is 4.66. The molecule has 3 aromatic heterocycles. The lowest BCUT2D eigenvalue weighted by Crippen LogP contribution is -2.03. The van der Waals surface area contributed by atoms with Gasteiger partial charge < -0.3 is 14.5 Å². The Bertz CT molecular complexity index is 1220. The molecule has 1 unspecified atom stereocenters. The lowest BCUT2D eigenvalue weighted by Gasteiger charge is -2.08. The van der Waals surface area contributed by atoms with Gasteiger partial charge in [-0.15, -0.1) is 0 Å². The SMILES string of the molecule is Cc1cc2c(F)c(Oc3ncnn4cc(OCCCS(C)=O)c(C)c34)ccc2[nH]1. The van der Waals surface area contributed by atoms with Crippen LogP contribution in [-0.2, 0) is 10.8 Å². The van der Waals surface area contributed by atoms with Gasteiger partial charge in [-0.05, 0) is 38.5 Å². The molecule has 1 aromatic carbocycles. The molecule has 0 radical (unpaired) electrons. The fraction of sp³-hybridized carbons (Fsp3) is 0.300. The molecule has 152 valence electrons. The van der Waals surface area contributed by atoms with Gasteiger partial charge in [0.2, 0.25) is 5.88 Å². The first-order chi connectivity index (χ1) is 13.9. The van der Waals surface area contributed by atoms with Crippen LogP contribution in [0.1, 0.15) is 17.7 Å². The lowest BCUT2D eigenvalue weighted by molar-refractivity contribution is 0.316. The highest BCUT2D eigenvalue weighted by Gasteiger charge is 2.18. The van der Waals surface area contributed by atoms with E-state index in [9.17, 15) is 8.60 Å². The van der Waals surface area contributed by atoms with Crippen molar-refractivity contribution in [2.75, 3.05) is 18.6 Å². The van der Waals surface area contributed by atoms with Gasteiger partial charge in [0.05, 0.1) is 12.8 Å². The van der Waals surface area contributed by atoms with Crippen LogP contribution in [0, 0.1) is 19.7 Å². The van der Waals surface area contributed by atoms with Gasteiger partial charge in [-0.25, -0.2) is 8.91 Å². The van der Waals surface area contributed by atoms with E-state index in [1.807, 2.05) is 13.8 Å². The summed E-state index contributed by atoms with van der Waals surface area (Å²) >= 11 is 0. The normalized spacial score (nSPS) is 12.6. The van der Waals surface area contributed by atoms with Crippen LogP contribution < -0.4 is 9.47 Å². The minimum atomic E-state index is -0.846. The average Bonchev–Trinajstić information content (AvgIpc) is 3.22. The number of H-pyrrole nitrogens is 1. The van der Waals surface area contributed by atoms with Crippen molar-refractivity contribution in [3.8, 4) is 17.4 Å². The second kappa shape index (κ2) is 7.82. The molecule has 0 aliphatic rings.